The first-order chi connectivity index (χ1) is 32.5. The first kappa shape index (κ1) is 56.0. The van der Waals surface area contributed by atoms with Crippen LogP contribution in [0.2, 0.25) is 10.1 Å². The minimum atomic E-state index is -2.79. The molecule has 4 rings (SSSR count). The van der Waals surface area contributed by atoms with Crippen LogP contribution in [0.15, 0.2) is 133 Å². The first-order valence-corrected chi connectivity index (χ1v) is 29.7. The maximum Gasteiger partial charge on any atom is 0.305 e. The Bertz CT molecular complexity index is 1810. The molecule has 368 valence electrons. The zero-order chi connectivity index (χ0) is 48.1. The average Bonchev–Trinajstić information content (AvgIpc) is 3.33. The molecule has 4 aromatic rings. The Hall–Kier alpha value is -3.64. The van der Waals surface area contributed by atoms with Crippen LogP contribution in [0.25, 0.3) is 0 Å². The fourth-order valence-electron chi connectivity index (χ4n) is 9.53. The highest BCUT2D eigenvalue weighted by molar-refractivity contribution is 7.00. The van der Waals surface area contributed by atoms with Gasteiger partial charge in [-0.3, -0.25) is 4.79 Å². The first-order valence-electron chi connectivity index (χ1n) is 25.9. The van der Waals surface area contributed by atoms with Gasteiger partial charge in [-0.2, -0.15) is 0 Å². The standard InChI is InChI=1S/C59H88O6Si2/c1-58(2,3)66(53-38-26-22-27-39-53,54-40-28-23-29-41-54)64-49-37-21-20-36-48-63-51-52(65-67(59(4,5)6,55-42-30-24-31-43-55)56-44-32-25-33-45-56)50-62-47-35-19-17-15-13-11-9-8-10-12-14-16-18-34-46-57(60)61-7/h8,10,22-33,38-45,52H,9,11-21,34-37,46-51H2,1-7H3/b10-8-. The van der Waals surface area contributed by atoms with Crippen molar-refractivity contribution in [2.24, 2.45) is 0 Å². The number of ether oxygens (including phenoxy) is 3. The van der Waals surface area contributed by atoms with Crippen molar-refractivity contribution in [1.29, 1.82) is 0 Å². The molecular weight excluding hydrogens is 861 g/mol. The molecule has 1 atom stereocenters. The van der Waals surface area contributed by atoms with E-state index in [0.29, 0.717) is 26.2 Å². The molecule has 67 heavy (non-hydrogen) atoms. The summed E-state index contributed by atoms with van der Waals surface area (Å²) in [5.74, 6) is -0.0975. The Kier molecular flexibility index (Phi) is 25.7. The van der Waals surface area contributed by atoms with Crippen LogP contribution in [0, 0.1) is 0 Å². The van der Waals surface area contributed by atoms with Gasteiger partial charge in [0.15, 0.2) is 0 Å². The Balaban J connectivity index is 1.25. The average molecular weight is 950 g/mol. The van der Waals surface area contributed by atoms with Gasteiger partial charge in [-0.05, 0) is 82.2 Å². The van der Waals surface area contributed by atoms with Gasteiger partial charge in [-0.25, -0.2) is 0 Å². The SMILES string of the molecule is COC(=O)CCCCCC/C=C\CCCCCCCCOCC(COCCCCCCO[Si](c1ccccc1)(c1ccccc1)C(C)(C)C)O[Si](c1ccccc1)(c1ccccc1)C(C)(C)C. The highest BCUT2D eigenvalue weighted by Gasteiger charge is 2.52. The predicted octanol–water partition coefficient (Wildman–Crippen LogP) is 12.9. The van der Waals surface area contributed by atoms with Crippen LogP contribution >= 0.6 is 0 Å². The Morgan fingerprint density at radius 2 is 0.806 bits per heavy atom. The summed E-state index contributed by atoms with van der Waals surface area (Å²) < 4.78 is 32.4. The molecule has 1 unspecified atom stereocenters. The van der Waals surface area contributed by atoms with Gasteiger partial charge in [0.05, 0.1) is 26.4 Å². The van der Waals surface area contributed by atoms with Gasteiger partial charge in [-0.1, -0.05) is 226 Å². The second kappa shape index (κ2) is 30.8. The predicted molar refractivity (Wildman–Crippen MR) is 287 cm³/mol. The van der Waals surface area contributed by atoms with Gasteiger partial charge in [0.1, 0.15) is 0 Å². The Morgan fingerprint density at radius 1 is 0.463 bits per heavy atom. The highest BCUT2D eigenvalue weighted by atomic mass is 28.4. The fourth-order valence-corrected chi connectivity index (χ4v) is 18.8. The molecule has 0 aromatic heterocycles. The molecule has 0 fully saturated rings. The largest absolute Gasteiger partial charge is 0.469 e. The molecule has 0 amide bonds. The summed E-state index contributed by atoms with van der Waals surface area (Å²) in [7, 11) is -3.85. The summed E-state index contributed by atoms with van der Waals surface area (Å²) in [5.41, 5.74) is 0. The summed E-state index contributed by atoms with van der Waals surface area (Å²) in [6, 6.07) is 43.7. The number of carbonyl (C=O) groups excluding carboxylic acids is 1. The Labute approximate surface area is 409 Å². The van der Waals surface area contributed by atoms with Crippen molar-refractivity contribution in [1.82, 2.24) is 0 Å². The van der Waals surface area contributed by atoms with Crippen molar-refractivity contribution in [2.45, 2.75) is 167 Å². The van der Waals surface area contributed by atoms with Crippen LogP contribution in [0.3, 0.4) is 0 Å². The molecule has 0 N–H and O–H groups in total. The molecule has 0 aliphatic carbocycles. The van der Waals surface area contributed by atoms with E-state index in [4.69, 9.17) is 23.1 Å². The van der Waals surface area contributed by atoms with Crippen molar-refractivity contribution in [3.63, 3.8) is 0 Å². The molecule has 8 heteroatoms. The summed E-state index contributed by atoms with van der Waals surface area (Å²) in [6.45, 7) is 17.3. The van der Waals surface area contributed by atoms with Crippen LogP contribution in [0.5, 0.6) is 0 Å². The topological polar surface area (TPSA) is 63.2 Å². The molecule has 0 radical (unpaired) electrons. The van der Waals surface area contributed by atoms with Gasteiger partial charge in [0.25, 0.3) is 16.6 Å². The van der Waals surface area contributed by atoms with E-state index in [1.807, 2.05) is 0 Å². The third-order valence-corrected chi connectivity index (χ3v) is 23.2. The van der Waals surface area contributed by atoms with Gasteiger partial charge in [-0.15, -0.1) is 0 Å². The normalized spacial score (nSPS) is 13.0. The van der Waals surface area contributed by atoms with Gasteiger partial charge >= 0.3 is 5.97 Å². The van der Waals surface area contributed by atoms with Crippen molar-refractivity contribution < 1.29 is 27.9 Å². The smallest absolute Gasteiger partial charge is 0.305 e. The second-order valence-corrected chi connectivity index (χ2v) is 28.9. The molecule has 0 spiro atoms. The van der Waals surface area contributed by atoms with E-state index in [1.165, 1.54) is 79.2 Å². The number of benzene rings is 4. The molecular formula is C59H88O6Si2. The number of hydrogen-bond donors (Lipinski definition) is 0. The van der Waals surface area contributed by atoms with Crippen LogP contribution < -0.4 is 20.7 Å². The zero-order valence-corrected chi connectivity index (χ0v) is 44.8. The third kappa shape index (κ3) is 18.3. The van der Waals surface area contributed by atoms with Crippen molar-refractivity contribution in [3.05, 3.63) is 133 Å². The van der Waals surface area contributed by atoms with E-state index in [9.17, 15) is 4.79 Å². The lowest BCUT2D eigenvalue weighted by atomic mass is 10.1. The molecule has 0 heterocycles. The van der Waals surface area contributed by atoms with E-state index in [1.54, 1.807) is 0 Å². The van der Waals surface area contributed by atoms with Crippen LogP contribution in [-0.2, 0) is 27.9 Å². The zero-order valence-electron chi connectivity index (χ0n) is 42.8. The number of hydrogen-bond acceptors (Lipinski definition) is 6. The Morgan fingerprint density at radius 3 is 1.19 bits per heavy atom. The maximum atomic E-state index is 11.2. The van der Waals surface area contributed by atoms with Crippen LogP contribution in [-0.4, -0.2) is 68.9 Å². The molecule has 0 saturated heterocycles. The number of unbranched alkanes of at least 4 members (excludes halogenated alkanes) is 13. The van der Waals surface area contributed by atoms with Gasteiger partial charge in [0, 0.05) is 26.2 Å². The molecule has 4 aromatic carbocycles. The number of carbonyl (C=O) groups is 1. The minimum Gasteiger partial charge on any atom is -0.469 e. The lowest BCUT2D eigenvalue weighted by molar-refractivity contribution is -0.140. The molecule has 0 bridgehead atoms. The fraction of sp³-hybridized carbons (Fsp3) is 0.542. The van der Waals surface area contributed by atoms with Crippen molar-refractivity contribution >= 4 is 43.4 Å². The van der Waals surface area contributed by atoms with Crippen molar-refractivity contribution in [3.8, 4) is 0 Å². The monoisotopic (exact) mass is 949 g/mol. The third-order valence-electron chi connectivity index (χ3n) is 13.1. The number of esters is 1. The van der Waals surface area contributed by atoms with Gasteiger partial charge < -0.3 is 23.1 Å². The molecule has 0 saturated carbocycles. The quantitative estimate of drug-likeness (QED) is 0.0201. The van der Waals surface area contributed by atoms with Crippen molar-refractivity contribution in [2.75, 3.05) is 40.1 Å². The van der Waals surface area contributed by atoms with E-state index in [2.05, 4.69) is 175 Å². The van der Waals surface area contributed by atoms with Crippen LogP contribution in [0.1, 0.15) is 151 Å². The highest BCUT2D eigenvalue weighted by Crippen LogP contribution is 2.38. The second-order valence-electron chi connectivity index (χ2n) is 20.4. The van der Waals surface area contributed by atoms with Gasteiger partial charge in [0.2, 0.25) is 0 Å². The lowest BCUT2D eigenvalue weighted by Gasteiger charge is -2.45. The minimum absolute atomic E-state index is 0.0176. The molecule has 0 aliphatic rings. The summed E-state index contributed by atoms with van der Waals surface area (Å²) in [5, 5.41) is 5.07. The molecule has 0 aliphatic heterocycles. The lowest BCUT2D eigenvalue weighted by Crippen LogP contribution is -2.68. The maximum absolute atomic E-state index is 11.2. The van der Waals surface area contributed by atoms with Crippen LogP contribution in [0.4, 0.5) is 0 Å². The molecule has 6 nitrogen and oxygen atoms in total. The number of methoxy groups -OCH3 is 1. The number of allylic oxidation sites excluding steroid dienone is 2. The summed E-state index contributed by atoms with van der Waals surface area (Å²) in [4.78, 5) is 11.2. The summed E-state index contributed by atoms with van der Waals surface area (Å²) in [6.07, 6.45) is 23.3. The van der Waals surface area contributed by atoms with E-state index in [0.717, 1.165) is 64.6 Å². The summed E-state index contributed by atoms with van der Waals surface area (Å²) >= 11 is 0. The van der Waals surface area contributed by atoms with E-state index in [-0.39, 0.29) is 22.1 Å². The number of rotatable bonds is 34. The van der Waals surface area contributed by atoms with E-state index < -0.39 is 16.6 Å². The van der Waals surface area contributed by atoms with E-state index >= 15 is 0 Å².